The molecule has 1 aliphatic carbocycles. The summed E-state index contributed by atoms with van der Waals surface area (Å²) >= 11 is 0. The third-order valence-corrected chi connectivity index (χ3v) is 4.22. The number of hydrogen-bond donors (Lipinski definition) is 2. The third kappa shape index (κ3) is 5.24. The van der Waals surface area contributed by atoms with Crippen LogP contribution in [0.25, 0.3) is 0 Å². The number of rotatable bonds is 4. The second-order valence-electron chi connectivity index (χ2n) is 7.62. The van der Waals surface area contributed by atoms with Crippen LogP contribution in [0.1, 0.15) is 70.5 Å². The zero-order valence-electron chi connectivity index (χ0n) is 15.0. The summed E-state index contributed by atoms with van der Waals surface area (Å²) in [4.78, 5) is 11.8. The van der Waals surface area contributed by atoms with Gasteiger partial charge < -0.3 is 15.4 Å². The average Bonchev–Trinajstić information content (AvgIpc) is 2.45. The van der Waals surface area contributed by atoms with E-state index in [0.29, 0.717) is 12.0 Å². The van der Waals surface area contributed by atoms with Crippen molar-refractivity contribution in [3.05, 3.63) is 35.4 Å². The molecule has 0 saturated carbocycles. The molecule has 4 nitrogen and oxygen atoms in total. The molecule has 1 aliphatic rings. The zero-order valence-corrected chi connectivity index (χ0v) is 15.0. The molecule has 0 fully saturated rings. The van der Waals surface area contributed by atoms with E-state index < -0.39 is 5.60 Å². The van der Waals surface area contributed by atoms with Crippen molar-refractivity contribution in [3.63, 3.8) is 0 Å². The van der Waals surface area contributed by atoms with E-state index in [1.54, 1.807) is 0 Å². The summed E-state index contributed by atoms with van der Waals surface area (Å²) in [5.74, 6) is 0.626. The molecule has 0 bridgehead atoms. The van der Waals surface area contributed by atoms with Gasteiger partial charge in [-0.2, -0.15) is 0 Å². The molecule has 1 aromatic carbocycles. The van der Waals surface area contributed by atoms with Crippen molar-refractivity contribution >= 4 is 6.09 Å². The van der Waals surface area contributed by atoms with Gasteiger partial charge in [0.2, 0.25) is 0 Å². The first-order valence-electron chi connectivity index (χ1n) is 8.58. The fourth-order valence-electron chi connectivity index (χ4n) is 3.10. The van der Waals surface area contributed by atoms with E-state index in [0.717, 1.165) is 13.0 Å². The van der Waals surface area contributed by atoms with Crippen molar-refractivity contribution in [2.24, 2.45) is 0 Å². The summed E-state index contributed by atoms with van der Waals surface area (Å²) in [6.45, 7) is 10.6. The van der Waals surface area contributed by atoms with Gasteiger partial charge in [-0.1, -0.05) is 31.2 Å². The maximum Gasteiger partial charge on any atom is 0.407 e. The van der Waals surface area contributed by atoms with Crippen LogP contribution in [-0.4, -0.2) is 24.3 Å². The van der Waals surface area contributed by atoms with Crippen LogP contribution in [0, 0.1) is 0 Å². The Kier molecular flexibility index (Phi) is 5.69. The monoisotopic (exact) mass is 318 g/mol. The smallest absolute Gasteiger partial charge is 0.407 e. The molecule has 4 heteroatoms. The molecule has 1 amide bonds. The highest BCUT2D eigenvalue weighted by molar-refractivity contribution is 5.68. The minimum atomic E-state index is -0.463. The first kappa shape index (κ1) is 17.8. The Labute approximate surface area is 140 Å². The normalized spacial score (nSPS) is 22.1. The van der Waals surface area contributed by atoms with Crippen LogP contribution in [0.3, 0.4) is 0 Å². The van der Waals surface area contributed by atoms with E-state index in [2.05, 4.69) is 41.8 Å². The molecule has 0 spiro atoms. The number of nitrogens with one attached hydrogen (secondary N) is 2. The third-order valence-electron chi connectivity index (χ3n) is 4.22. The highest BCUT2D eigenvalue weighted by atomic mass is 16.6. The van der Waals surface area contributed by atoms with Crippen molar-refractivity contribution < 1.29 is 9.53 Å². The van der Waals surface area contributed by atoms with Gasteiger partial charge in [0.05, 0.1) is 0 Å². The molecule has 0 heterocycles. The van der Waals surface area contributed by atoms with E-state index in [-0.39, 0.29) is 12.1 Å². The van der Waals surface area contributed by atoms with Gasteiger partial charge in [0.1, 0.15) is 5.60 Å². The molecule has 2 N–H and O–H groups in total. The van der Waals surface area contributed by atoms with E-state index in [4.69, 9.17) is 4.74 Å². The van der Waals surface area contributed by atoms with Gasteiger partial charge >= 0.3 is 6.09 Å². The zero-order chi connectivity index (χ0) is 17.0. The molecule has 3 unspecified atom stereocenters. The van der Waals surface area contributed by atoms with Crippen LogP contribution >= 0.6 is 0 Å². The number of fused-ring (bicyclic) bond motifs is 1. The number of carbonyl (C=O) groups excluding carboxylic acids is 1. The van der Waals surface area contributed by atoms with Crippen LogP contribution < -0.4 is 10.6 Å². The fourth-order valence-corrected chi connectivity index (χ4v) is 3.10. The number of alkyl carbamates (subject to hydrolysis) is 1. The lowest BCUT2D eigenvalue weighted by atomic mass is 9.81. The molecule has 3 atom stereocenters. The van der Waals surface area contributed by atoms with Crippen molar-refractivity contribution in [2.45, 2.75) is 71.1 Å². The van der Waals surface area contributed by atoms with Gasteiger partial charge in [0.15, 0.2) is 0 Å². The Bertz CT molecular complexity index is 536. The van der Waals surface area contributed by atoms with Crippen LogP contribution in [-0.2, 0) is 4.74 Å². The van der Waals surface area contributed by atoms with Crippen LogP contribution in [0.5, 0.6) is 0 Å². The lowest BCUT2D eigenvalue weighted by Gasteiger charge is -2.31. The Morgan fingerprint density at radius 1 is 1.26 bits per heavy atom. The summed E-state index contributed by atoms with van der Waals surface area (Å²) in [6, 6.07) is 9.06. The van der Waals surface area contributed by atoms with Crippen LogP contribution in [0.2, 0.25) is 0 Å². The molecule has 1 aromatic rings. The van der Waals surface area contributed by atoms with E-state index >= 15 is 0 Å². The van der Waals surface area contributed by atoms with Crippen molar-refractivity contribution in [3.8, 4) is 0 Å². The summed E-state index contributed by atoms with van der Waals surface area (Å²) in [5.41, 5.74) is 2.38. The summed E-state index contributed by atoms with van der Waals surface area (Å²) in [7, 11) is 0. The largest absolute Gasteiger partial charge is 0.444 e. The minimum Gasteiger partial charge on any atom is -0.444 e. The Hall–Kier alpha value is -1.55. The molecular weight excluding hydrogens is 288 g/mol. The number of carbonyl (C=O) groups is 1. The highest BCUT2D eigenvalue weighted by Gasteiger charge is 2.24. The quantitative estimate of drug-likeness (QED) is 0.877. The summed E-state index contributed by atoms with van der Waals surface area (Å²) in [6.07, 6.45) is 1.98. The number of benzene rings is 1. The van der Waals surface area contributed by atoms with Gasteiger partial charge in [-0.05, 0) is 57.6 Å². The predicted octanol–water partition coefficient (Wildman–Crippen LogP) is 4.13. The van der Waals surface area contributed by atoms with E-state index in [9.17, 15) is 4.79 Å². The van der Waals surface area contributed by atoms with Crippen molar-refractivity contribution in [2.75, 3.05) is 6.54 Å². The molecule has 0 aromatic heterocycles. The average molecular weight is 318 g/mol. The lowest BCUT2D eigenvalue weighted by molar-refractivity contribution is 0.0507. The second kappa shape index (κ2) is 7.35. The van der Waals surface area contributed by atoms with Gasteiger partial charge in [-0.3, -0.25) is 0 Å². The first-order valence-corrected chi connectivity index (χ1v) is 8.58. The number of amides is 1. The Morgan fingerprint density at radius 2 is 1.91 bits per heavy atom. The molecular formula is C19H30N2O2. The van der Waals surface area contributed by atoms with Crippen molar-refractivity contribution in [1.82, 2.24) is 10.6 Å². The molecule has 0 radical (unpaired) electrons. The molecule has 23 heavy (non-hydrogen) atoms. The van der Waals surface area contributed by atoms with Gasteiger partial charge in [-0.15, -0.1) is 0 Å². The topological polar surface area (TPSA) is 50.4 Å². The highest BCUT2D eigenvalue weighted by Crippen LogP contribution is 2.36. The van der Waals surface area contributed by atoms with E-state index in [1.165, 1.54) is 17.5 Å². The molecule has 128 valence electrons. The minimum absolute atomic E-state index is 0.0244. The Morgan fingerprint density at radius 3 is 2.57 bits per heavy atom. The SMILES string of the molecule is CC(CNC1CCC(C)c2ccccc21)NC(=O)OC(C)(C)C. The van der Waals surface area contributed by atoms with Gasteiger partial charge in [-0.25, -0.2) is 4.79 Å². The fraction of sp³-hybridized carbons (Fsp3) is 0.632. The lowest BCUT2D eigenvalue weighted by Crippen LogP contribution is -2.43. The molecule has 2 rings (SSSR count). The first-order chi connectivity index (χ1) is 10.8. The summed E-state index contributed by atoms with van der Waals surface area (Å²) < 4.78 is 5.29. The Balaban J connectivity index is 1.87. The molecule has 0 aliphatic heterocycles. The maximum absolute atomic E-state index is 11.8. The number of ether oxygens (including phenoxy) is 1. The van der Waals surface area contributed by atoms with Gasteiger partial charge in [0, 0.05) is 18.6 Å². The molecule has 0 saturated heterocycles. The standard InChI is InChI=1S/C19H30N2O2/c1-13-10-11-17(16-9-7-6-8-15(13)16)20-12-14(2)21-18(22)23-19(3,4)5/h6-9,13-14,17,20H,10-12H2,1-5H3,(H,21,22). The summed E-state index contributed by atoms with van der Waals surface area (Å²) in [5, 5.41) is 6.48. The second-order valence-corrected chi connectivity index (χ2v) is 7.62. The van der Waals surface area contributed by atoms with Crippen molar-refractivity contribution in [1.29, 1.82) is 0 Å². The van der Waals surface area contributed by atoms with E-state index in [1.807, 2.05) is 27.7 Å². The van der Waals surface area contributed by atoms with Crippen LogP contribution in [0.4, 0.5) is 4.79 Å². The number of hydrogen-bond acceptors (Lipinski definition) is 3. The predicted molar refractivity (Wildman–Crippen MR) is 93.7 cm³/mol. The van der Waals surface area contributed by atoms with Gasteiger partial charge in [0.25, 0.3) is 0 Å². The maximum atomic E-state index is 11.8. The van der Waals surface area contributed by atoms with Crippen LogP contribution in [0.15, 0.2) is 24.3 Å².